The lowest BCUT2D eigenvalue weighted by atomic mass is 10.2. The molecule has 0 saturated carbocycles. The summed E-state index contributed by atoms with van der Waals surface area (Å²) in [7, 11) is 1.83. The molecule has 1 fully saturated rings. The highest BCUT2D eigenvalue weighted by molar-refractivity contribution is 6.36. The third-order valence-electron chi connectivity index (χ3n) is 4.52. The van der Waals surface area contributed by atoms with Gasteiger partial charge in [0.2, 0.25) is 5.91 Å². The molecule has 0 radical (unpaired) electrons. The van der Waals surface area contributed by atoms with Gasteiger partial charge in [-0.1, -0.05) is 23.2 Å². The molecule has 0 bridgehead atoms. The van der Waals surface area contributed by atoms with Crippen LogP contribution in [-0.4, -0.2) is 38.2 Å². The van der Waals surface area contributed by atoms with Crippen molar-refractivity contribution in [3.8, 4) is 0 Å². The quantitative estimate of drug-likeness (QED) is 0.742. The Labute approximate surface area is 159 Å². The maximum Gasteiger partial charge on any atom is 0.247 e. The fraction of sp³-hybridized carbons (Fsp3) is 0.294. The highest BCUT2D eigenvalue weighted by Crippen LogP contribution is 2.31. The van der Waals surface area contributed by atoms with Crippen LogP contribution in [0, 0.1) is 0 Å². The van der Waals surface area contributed by atoms with Crippen LogP contribution in [-0.2, 0) is 11.8 Å². The first-order valence-corrected chi connectivity index (χ1v) is 8.95. The minimum atomic E-state index is -0.333. The third-order valence-corrected chi connectivity index (χ3v) is 5.07. The van der Waals surface area contributed by atoms with Gasteiger partial charge in [-0.2, -0.15) is 5.10 Å². The molecule has 1 saturated heterocycles. The van der Waals surface area contributed by atoms with Crippen molar-refractivity contribution in [3.05, 3.63) is 40.8 Å². The fourth-order valence-corrected chi connectivity index (χ4v) is 3.73. The number of carbonyl (C=O) groups is 1. The van der Waals surface area contributed by atoms with Crippen molar-refractivity contribution < 1.29 is 4.79 Å². The Morgan fingerprint density at radius 3 is 2.96 bits per heavy atom. The lowest BCUT2D eigenvalue weighted by Gasteiger charge is -2.25. The Hall–Kier alpha value is -2.38. The first-order valence-electron chi connectivity index (χ1n) is 8.20. The van der Waals surface area contributed by atoms with Crippen LogP contribution in [0.15, 0.2) is 30.7 Å². The number of fused-ring (bicyclic) bond motifs is 1. The third kappa shape index (κ3) is 2.97. The molecule has 1 amide bonds. The zero-order valence-electron chi connectivity index (χ0n) is 14.0. The molecule has 9 heteroatoms. The largest absolute Gasteiger partial charge is 0.344 e. The van der Waals surface area contributed by atoms with Crippen LogP contribution in [0.5, 0.6) is 0 Å². The van der Waals surface area contributed by atoms with Gasteiger partial charge in [0, 0.05) is 18.6 Å². The number of nitrogens with zero attached hydrogens (tertiary/aromatic N) is 5. The Morgan fingerprint density at radius 2 is 2.15 bits per heavy atom. The number of aryl methyl sites for hydroxylation is 1. The van der Waals surface area contributed by atoms with Crippen LogP contribution < -0.4 is 10.2 Å². The van der Waals surface area contributed by atoms with Crippen LogP contribution in [0.4, 0.5) is 11.5 Å². The van der Waals surface area contributed by atoms with Crippen LogP contribution in [0.3, 0.4) is 0 Å². The van der Waals surface area contributed by atoms with Crippen LogP contribution >= 0.6 is 23.2 Å². The molecule has 26 heavy (non-hydrogen) atoms. The van der Waals surface area contributed by atoms with E-state index >= 15 is 0 Å². The molecule has 0 spiro atoms. The molecule has 1 aliphatic rings. The summed E-state index contributed by atoms with van der Waals surface area (Å²) in [4.78, 5) is 23.5. The van der Waals surface area contributed by atoms with E-state index in [2.05, 4.69) is 20.4 Å². The van der Waals surface area contributed by atoms with Crippen molar-refractivity contribution in [1.82, 2.24) is 19.7 Å². The maximum atomic E-state index is 12.9. The smallest absolute Gasteiger partial charge is 0.247 e. The van der Waals surface area contributed by atoms with Gasteiger partial charge in [0.25, 0.3) is 0 Å². The molecule has 3 aromatic rings. The Morgan fingerprint density at radius 1 is 1.31 bits per heavy atom. The van der Waals surface area contributed by atoms with E-state index < -0.39 is 0 Å². The SMILES string of the molecule is Cn1ncc2c(N3CCC[C@H]3C(=O)Nc3ccc(Cl)cc3Cl)ncnc21. The summed E-state index contributed by atoms with van der Waals surface area (Å²) >= 11 is 12.1. The molecule has 3 heterocycles. The maximum absolute atomic E-state index is 12.9. The summed E-state index contributed by atoms with van der Waals surface area (Å²) in [5.41, 5.74) is 1.28. The van der Waals surface area contributed by atoms with E-state index in [1.807, 2.05) is 11.9 Å². The van der Waals surface area contributed by atoms with Gasteiger partial charge in [0.05, 0.1) is 22.3 Å². The Kier molecular flexibility index (Phi) is 4.42. The van der Waals surface area contributed by atoms with E-state index in [-0.39, 0.29) is 11.9 Å². The van der Waals surface area contributed by atoms with Crippen molar-refractivity contribution in [2.75, 3.05) is 16.8 Å². The number of amides is 1. The molecule has 134 valence electrons. The molecule has 2 aromatic heterocycles. The van der Waals surface area contributed by atoms with Gasteiger partial charge in [0.1, 0.15) is 18.2 Å². The molecule has 1 atom stereocenters. The lowest BCUT2D eigenvalue weighted by Crippen LogP contribution is -2.40. The molecule has 0 unspecified atom stereocenters. The zero-order chi connectivity index (χ0) is 18.3. The van der Waals surface area contributed by atoms with Crippen LogP contribution in [0.1, 0.15) is 12.8 Å². The summed E-state index contributed by atoms with van der Waals surface area (Å²) in [6, 6.07) is 4.67. The van der Waals surface area contributed by atoms with Crippen molar-refractivity contribution in [2.24, 2.45) is 7.05 Å². The predicted molar refractivity (Wildman–Crippen MR) is 102 cm³/mol. The van der Waals surface area contributed by atoms with Crippen molar-refractivity contribution in [1.29, 1.82) is 0 Å². The van der Waals surface area contributed by atoms with E-state index in [1.165, 1.54) is 6.33 Å². The van der Waals surface area contributed by atoms with Gasteiger partial charge in [-0.15, -0.1) is 0 Å². The lowest BCUT2D eigenvalue weighted by molar-refractivity contribution is -0.117. The molecule has 7 nitrogen and oxygen atoms in total. The topological polar surface area (TPSA) is 75.9 Å². The molecule has 1 aromatic carbocycles. The number of carbonyl (C=O) groups excluding carboxylic acids is 1. The molecule has 0 aliphatic carbocycles. The number of rotatable bonds is 3. The molecule has 4 rings (SSSR count). The second-order valence-electron chi connectivity index (χ2n) is 6.17. The number of anilines is 2. The minimum absolute atomic E-state index is 0.123. The number of aromatic nitrogens is 4. The molecular weight excluding hydrogens is 375 g/mol. The van der Waals surface area contributed by atoms with Gasteiger partial charge in [-0.25, -0.2) is 9.97 Å². The predicted octanol–water partition coefficient (Wildman–Crippen LogP) is 3.28. The number of benzene rings is 1. The molecular formula is C17H16Cl2N6O. The van der Waals surface area contributed by atoms with Crippen LogP contribution in [0.25, 0.3) is 11.0 Å². The summed E-state index contributed by atoms with van der Waals surface area (Å²) in [6.45, 7) is 0.743. The Balaban J connectivity index is 1.62. The number of nitrogens with one attached hydrogen (secondary N) is 1. The number of halogens is 2. The zero-order valence-corrected chi connectivity index (χ0v) is 15.5. The molecule has 1 aliphatic heterocycles. The Bertz CT molecular complexity index is 989. The van der Waals surface area contributed by atoms with E-state index in [1.54, 1.807) is 29.1 Å². The molecule has 1 N–H and O–H groups in total. The first-order chi connectivity index (χ1) is 12.5. The van der Waals surface area contributed by atoms with E-state index in [4.69, 9.17) is 23.2 Å². The van der Waals surface area contributed by atoms with Gasteiger partial charge >= 0.3 is 0 Å². The summed E-state index contributed by atoms with van der Waals surface area (Å²) < 4.78 is 1.69. The van der Waals surface area contributed by atoms with Gasteiger partial charge in [-0.05, 0) is 31.0 Å². The monoisotopic (exact) mass is 390 g/mol. The van der Waals surface area contributed by atoms with Gasteiger partial charge < -0.3 is 10.2 Å². The van der Waals surface area contributed by atoms with Crippen molar-refractivity contribution >= 4 is 51.6 Å². The summed E-state index contributed by atoms with van der Waals surface area (Å²) in [5.74, 6) is 0.602. The van der Waals surface area contributed by atoms with E-state index in [0.29, 0.717) is 15.7 Å². The van der Waals surface area contributed by atoms with E-state index in [9.17, 15) is 4.79 Å². The highest BCUT2D eigenvalue weighted by atomic mass is 35.5. The summed E-state index contributed by atoms with van der Waals surface area (Å²) in [6.07, 6.45) is 4.87. The highest BCUT2D eigenvalue weighted by Gasteiger charge is 2.33. The minimum Gasteiger partial charge on any atom is -0.344 e. The number of hydrogen-bond acceptors (Lipinski definition) is 5. The second kappa shape index (κ2) is 6.74. The normalized spacial score (nSPS) is 17.0. The van der Waals surface area contributed by atoms with Crippen LogP contribution in [0.2, 0.25) is 10.0 Å². The average Bonchev–Trinajstić information content (AvgIpc) is 3.25. The van der Waals surface area contributed by atoms with Gasteiger partial charge in [0.15, 0.2) is 5.65 Å². The van der Waals surface area contributed by atoms with Gasteiger partial charge in [-0.3, -0.25) is 9.48 Å². The number of hydrogen-bond donors (Lipinski definition) is 1. The second-order valence-corrected chi connectivity index (χ2v) is 7.01. The standard InChI is InChI=1S/C17H16Cl2N6O/c1-24-15-11(8-22-24)16(21-9-20-15)25-6-2-3-14(25)17(26)23-13-5-4-10(18)7-12(13)19/h4-5,7-9,14H,2-3,6H2,1H3,(H,23,26)/t14-/m0/s1. The fourth-order valence-electron chi connectivity index (χ4n) is 3.28. The van der Waals surface area contributed by atoms with E-state index in [0.717, 1.165) is 36.2 Å². The average molecular weight is 391 g/mol. The first kappa shape index (κ1) is 17.1. The summed E-state index contributed by atoms with van der Waals surface area (Å²) in [5, 5.41) is 8.90. The van der Waals surface area contributed by atoms with Crippen molar-refractivity contribution in [3.63, 3.8) is 0 Å². The van der Waals surface area contributed by atoms with Crippen molar-refractivity contribution in [2.45, 2.75) is 18.9 Å².